The summed E-state index contributed by atoms with van der Waals surface area (Å²) in [6, 6.07) is 20.4. The van der Waals surface area contributed by atoms with Crippen LogP contribution in [-0.4, -0.2) is 25.5 Å². The van der Waals surface area contributed by atoms with Gasteiger partial charge in [0, 0.05) is 11.1 Å². The highest BCUT2D eigenvalue weighted by molar-refractivity contribution is 6.12. The van der Waals surface area contributed by atoms with E-state index in [4.69, 9.17) is 0 Å². The summed E-state index contributed by atoms with van der Waals surface area (Å²) < 4.78 is 0. The Hall–Kier alpha value is -2.22. The molecule has 2 aromatic rings. The Labute approximate surface area is 108 Å². The van der Waals surface area contributed by atoms with Crippen molar-refractivity contribution in [3.8, 4) is 0 Å². The second kappa shape index (κ2) is 6.50. The second-order valence-electron chi connectivity index (χ2n) is 3.91. The molecular formula is C16H16N2. The predicted octanol–water partition coefficient (Wildman–Crippen LogP) is 3.22. The van der Waals surface area contributed by atoms with E-state index in [0.29, 0.717) is 13.1 Å². The summed E-state index contributed by atoms with van der Waals surface area (Å²) >= 11 is 0. The van der Waals surface area contributed by atoms with E-state index in [9.17, 15) is 0 Å². The third-order valence-electron chi connectivity index (χ3n) is 2.62. The van der Waals surface area contributed by atoms with Gasteiger partial charge >= 0.3 is 0 Å². The maximum Gasteiger partial charge on any atom is 0.0719 e. The van der Waals surface area contributed by atoms with Crippen molar-refractivity contribution in [2.75, 3.05) is 13.1 Å². The standard InChI is InChI=1S/C16H16N2/c1-17-12-13-18-16(14-8-4-2-5-9-14)15-10-6-3-7-11-15/h2-11H,1,12-13H2. The van der Waals surface area contributed by atoms with Crippen LogP contribution in [0.5, 0.6) is 0 Å². The molecule has 2 nitrogen and oxygen atoms in total. The summed E-state index contributed by atoms with van der Waals surface area (Å²) in [7, 11) is 0. The average Bonchev–Trinajstić information content (AvgIpc) is 2.46. The lowest BCUT2D eigenvalue weighted by molar-refractivity contribution is 0.983. The van der Waals surface area contributed by atoms with Gasteiger partial charge in [-0.1, -0.05) is 60.7 Å². The van der Waals surface area contributed by atoms with Crippen molar-refractivity contribution in [2.45, 2.75) is 0 Å². The first-order valence-corrected chi connectivity index (χ1v) is 5.99. The predicted molar refractivity (Wildman–Crippen MR) is 77.8 cm³/mol. The Morgan fingerprint density at radius 3 is 1.72 bits per heavy atom. The Morgan fingerprint density at radius 2 is 1.28 bits per heavy atom. The van der Waals surface area contributed by atoms with Crippen LogP contribution in [0.25, 0.3) is 0 Å². The van der Waals surface area contributed by atoms with E-state index in [2.05, 4.69) is 41.0 Å². The van der Waals surface area contributed by atoms with Gasteiger partial charge in [0.2, 0.25) is 0 Å². The van der Waals surface area contributed by atoms with Crippen LogP contribution in [0, 0.1) is 0 Å². The summed E-state index contributed by atoms with van der Waals surface area (Å²) in [6.45, 7) is 4.81. The van der Waals surface area contributed by atoms with Crippen molar-refractivity contribution in [2.24, 2.45) is 9.98 Å². The van der Waals surface area contributed by atoms with Crippen LogP contribution in [0.15, 0.2) is 70.6 Å². The molecule has 0 aliphatic heterocycles. The molecule has 0 spiro atoms. The average molecular weight is 236 g/mol. The zero-order valence-electron chi connectivity index (χ0n) is 10.3. The fraction of sp³-hybridized carbons (Fsp3) is 0.125. The van der Waals surface area contributed by atoms with Crippen LogP contribution in [0.1, 0.15) is 11.1 Å². The molecule has 0 unspecified atom stereocenters. The summed E-state index contributed by atoms with van der Waals surface area (Å²) in [5.74, 6) is 0. The third-order valence-corrected chi connectivity index (χ3v) is 2.62. The lowest BCUT2D eigenvalue weighted by Gasteiger charge is -2.07. The molecule has 2 aromatic carbocycles. The molecule has 0 aromatic heterocycles. The Morgan fingerprint density at radius 1 is 0.778 bits per heavy atom. The first-order valence-electron chi connectivity index (χ1n) is 5.99. The molecular weight excluding hydrogens is 220 g/mol. The molecule has 18 heavy (non-hydrogen) atoms. The summed E-state index contributed by atoms with van der Waals surface area (Å²) in [4.78, 5) is 8.47. The monoisotopic (exact) mass is 236 g/mol. The first kappa shape index (κ1) is 12.2. The molecule has 0 saturated heterocycles. The largest absolute Gasteiger partial charge is 0.299 e. The van der Waals surface area contributed by atoms with Gasteiger partial charge in [-0.2, -0.15) is 0 Å². The van der Waals surface area contributed by atoms with Crippen LogP contribution in [0.4, 0.5) is 0 Å². The van der Waals surface area contributed by atoms with Gasteiger partial charge in [0.25, 0.3) is 0 Å². The van der Waals surface area contributed by atoms with E-state index in [0.717, 1.165) is 16.8 Å². The highest BCUT2D eigenvalue weighted by Crippen LogP contribution is 2.10. The van der Waals surface area contributed by atoms with Gasteiger partial charge < -0.3 is 0 Å². The summed E-state index contributed by atoms with van der Waals surface area (Å²) in [5, 5.41) is 0. The zero-order valence-corrected chi connectivity index (χ0v) is 10.3. The maximum absolute atomic E-state index is 4.64. The molecule has 0 N–H and O–H groups in total. The van der Waals surface area contributed by atoms with E-state index in [-0.39, 0.29) is 0 Å². The minimum atomic E-state index is 0.656. The molecule has 2 rings (SSSR count). The summed E-state index contributed by atoms with van der Waals surface area (Å²) in [6.07, 6.45) is 0. The number of hydrogen-bond acceptors (Lipinski definition) is 2. The molecule has 0 atom stereocenters. The molecule has 0 fully saturated rings. The van der Waals surface area contributed by atoms with Gasteiger partial charge in [-0.05, 0) is 6.72 Å². The van der Waals surface area contributed by atoms with E-state index >= 15 is 0 Å². The molecule has 0 radical (unpaired) electrons. The lowest BCUT2D eigenvalue weighted by Crippen LogP contribution is -2.05. The number of hydrogen-bond donors (Lipinski definition) is 0. The number of aliphatic imine (C=N–C) groups is 2. The Bertz CT molecular complexity index is 474. The zero-order chi connectivity index (χ0) is 12.6. The van der Waals surface area contributed by atoms with Gasteiger partial charge in [-0.25, -0.2) is 0 Å². The van der Waals surface area contributed by atoms with Gasteiger partial charge in [-0.3, -0.25) is 9.98 Å². The van der Waals surface area contributed by atoms with Crippen LogP contribution >= 0.6 is 0 Å². The third kappa shape index (κ3) is 3.14. The first-order chi connectivity index (χ1) is 8.92. The van der Waals surface area contributed by atoms with Crippen LogP contribution in [0.3, 0.4) is 0 Å². The van der Waals surface area contributed by atoms with E-state index in [1.165, 1.54) is 0 Å². The molecule has 90 valence electrons. The quantitative estimate of drug-likeness (QED) is 0.562. The van der Waals surface area contributed by atoms with E-state index < -0.39 is 0 Å². The number of rotatable bonds is 5. The number of nitrogens with zero attached hydrogens (tertiary/aromatic N) is 2. The van der Waals surface area contributed by atoms with Crippen molar-refractivity contribution in [3.63, 3.8) is 0 Å². The van der Waals surface area contributed by atoms with Gasteiger partial charge in [0.1, 0.15) is 0 Å². The molecule has 0 aliphatic rings. The second-order valence-corrected chi connectivity index (χ2v) is 3.91. The van der Waals surface area contributed by atoms with Crippen LogP contribution in [-0.2, 0) is 0 Å². The van der Waals surface area contributed by atoms with Crippen molar-refractivity contribution >= 4 is 12.4 Å². The topological polar surface area (TPSA) is 24.7 Å². The maximum atomic E-state index is 4.64. The van der Waals surface area contributed by atoms with E-state index in [1.54, 1.807) is 0 Å². The van der Waals surface area contributed by atoms with Crippen molar-refractivity contribution in [1.82, 2.24) is 0 Å². The van der Waals surface area contributed by atoms with Gasteiger partial charge in [0.05, 0.1) is 18.8 Å². The normalized spacial score (nSPS) is 9.78. The Balaban J connectivity index is 2.35. The summed E-state index contributed by atoms with van der Waals surface area (Å²) in [5.41, 5.74) is 3.28. The highest BCUT2D eigenvalue weighted by Gasteiger charge is 2.04. The number of benzene rings is 2. The smallest absolute Gasteiger partial charge is 0.0719 e. The van der Waals surface area contributed by atoms with Crippen molar-refractivity contribution in [3.05, 3.63) is 71.8 Å². The Kier molecular flexibility index (Phi) is 4.42. The molecule has 2 heteroatoms. The molecule has 0 aliphatic carbocycles. The molecule has 0 heterocycles. The van der Waals surface area contributed by atoms with Crippen LogP contribution < -0.4 is 0 Å². The van der Waals surface area contributed by atoms with Gasteiger partial charge in [-0.15, -0.1) is 0 Å². The highest BCUT2D eigenvalue weighted by atomic mass is 14.8. The fourth-order valence-electron chi connectivity index (χ4n) is 1.77. The van der Waals surface area contributed by atoms with Crippen molar-refractivity contribution < 1.29 is 0 Å². The molecule has 0 bridgehead atoms. The molecule has 0 saturated carbocycles. The minimum absolute atomic E-state index is 0.656. The SMILES string of the molecule is C=NCCN=C(c1ccccc1)c1ccccc1. The van der Waals surface area contributed by atoms with Crippen LogP contribution in [0.2, 0.25) is 0 Å². The van der Waals surface area contributed by atoms with Gasteiger partial charge in [0.15, 0.2) is 0 Å². The fourth-order valence-corrected chi connectivity index (χ4v) is 1.77. The lowest BCUT2D eigenvalue weighted by atomic mass is 10.0. The minimum Gasteiger partial charge on any atom is -0.299 e. The van der Waals surface area contributed by atoms with E-state index in [1.807, 2.05) is 36.4 Å². The molecule has 0 amide bonds. The van der Waals surface area contributed by atoms with Crippen molar-refractivity contribution in [1.29, 1.82) is 0 Å².